The Morgan fingerprint density at radius 3 is 2.95 bits per heavy atom. The molecule has 110 valence electrons. The molecule has 0 fully saturated rings. The number of ether oxygens (including phenoxy) is 1. The quantitative estimate of drug-likeness (QED) is 0.787. The molecule has 0 aliphatic carbocycles. The van der Waals surface area contributed by atoms with Crippen LogP contribution in [-0.4, -0.2) is 16.5 Å². The van der Waals surface area contributed by atoms with Gasteiger partial charge in [-0.15, -0.1) is 11.3 Å². The smallest absolute Gasteiger partial charge is 0.237 e. The highest BCUT2D eigenvalue weighted by molar-refractivity contribution is 7.15. The fourth-order valence-corrected chi connectivity index (χ4v) is 2.84. The first-order valence-corrected chi connectivity index (χ1v) is 7.20. The Bertz CT molecular complexity index is 769. The van der Waals surface area contributed by atoms with Gasteiger partial charge in [0, 0.05) is 36.3 Å². The lowest BCUT2D eigenvalue weighted by Crippen LogP contribution is -2.15. The highest BCUT2D eigenvalue weighted by atomic mass is 32.1. The van der Waals surface area contributed by atoms with Gasteiger partial charge in [-0.2, -0.15) is 4.98 Å². The van der Waals surface area contributed by atoms with E-state index in [0.717, 1.165) is 16.7 Å². The number of fused-ring (bicyclic) bond motifs is 1. The van der Waals surface area contributed by atoms with Gasteiger partial charge in [0.1, 0.15) is 17.3 Å². The van der Waals surface area contributed by atoms with Crippen molar-refractivity contribution in [3.05, 3.63) is 52.7 Å². The van der Waals surface area contributed by atoms with E-state index in [0.29, 0.717) is 24.5 Å². The molecule has 0 aliphatic heterocycles. The van der Waals surface area contributed by atoms with E-state index in [-0.39, 0.29) is 0 Å². The molecule has 4 nitrogen and oxygen atoms in total. The Morgan fingerprint density at radius 2 is 2.19 bits per heavy atom. The van der Waals surface area contributed by atoms with E-state index in [1.165, 1.54) is 23.5 Å². The van der Waals surface area contributed by atoms with Crippen molar-refractivity contribution in [2.45, 2.75) is 13.1 Å². The monoisotopic (exact) mass is 309 g/mol. The van der Waals surface area contributed by atoms with Crippen LogP contribution >= 0.6 is 11.3 Å². The van der Waals surface area contributed by atoms with E-state index in [4.69, 9.17) is 4.74 Å². The van der Waals surface area contributed by atoms with Gasteiger partial charge in [-0.05, 0) is 6.07 Å². The summed E-state index contributed by atoms with van der Waals surface area (Å²) in [5.74, 6) is -0.578. The first-order chi connectivity index (χ1) is 10.2. The second kappa shape index (κ2) is 5.79. The number of nitrogens with one attached hydrogen (secondary N) is 1. The van der Waals surface area contributed by atoms with Crippen LogP contribution in [-0.2, 0) is 13.1 Å². The number of imidazole rings is 1. The molecule has 1 aromatic carbocycles. The van der Waals surface area contributed by atoms with E-state index in [9.17, 15) is 8.78 Å². The summed E-state index contributed by atoms with van der Waals surface area (Å²) in [6, 6.07) is 3.57. The van der Waals surface area contributed by atoms with E-state index in [1.807, 2.05) is 16.0 Å². The third-order valence-corrected chi connectivity index (χ3v) is 3.90. The second-order valence-electron chi connectivity index (χ2n) is 4.46. The van der Waals surface area contributed by atoms with Gasteiger partial charge in [-0.3, -0.25) is 4.40 Å². The summed E-state index contributed by atoms with van der Waals surface area (Å²) in [7, 11) is 1.57. The van der Waals surface area contributed by atoms with E-state index in [2.05, 4.69) is 10.3 Å². The topological polar surface area (TPSA) is 38.6 Å². The molecule has 3 rings (SSSR count). The van der Waals surface area contributed by atoms with Gasteiger partial charge in [-0.1, -0.05) is 6.07 Å². The number of rotatable bonds is 5. The fourth-order valence-electron chi connectivity index (χ4n) is 2.12. The number of halogens is 2. The van der Waals surface area contributed by atoms with Crippen molar-refractivity contribution in [3.8, 4) is 5.88 Å². The molecule has 0 saturated carbocycles. The number of benzene rings is 1. The molecule has 0 spiro atoms. The largest absolute Gasteiger partial charge is 0.480 e. The highest BCUT2D eigenvalue weighted by Crippen LogP contribution is 2.23. The Hall–Kier alpha value is -1.99. The number of hydrogen-bond donors (Lipinski definition) is 1. The normalized spacial score (nSPS) is 11.2. The summed E-state index contributed by atoms with van der Waals surface area (Å²) < 4.78 is 33.6. The van der Waals surface area contributed by atoms with Crippen molar-refractivity contribution in [1.82, 2.24) is 14.7 Å². The maximum absolute atomic E-state index is 13.5. The molecule has 0 aliphatic rings. The van der Waals surface area contributed by atoms with Crippen LogP contribution in [0, 0.1) is 11.6 Å². The molecule has 3 aromatic rings. The Morgan fingerprint density at radius 1 is 1.33 bits per heavy atom. The highest BCUT2D eigenvalue weighted by Gasteiger charge is 2.13. The Kier molecular flexibility index (Phi) is 3.85. The van der Waals surface area contributed by atoms with Crippen LogP contribution in [0.2, 0.25) is 0 Å². The lowest BCUT2D eigenvalue weighted by Gasteiger charge is -2.07. The summed E-state index contributed by atoms with van der Waals surface area (Å²) in [4.78, 5) is 5.19. The maximum Gasteiger partial charge on any atom is 0.237 e. The molecule has 1 N–H and O–H groups in total. The van der Waals surface area contributed by atoms with Crippen molar-refractivity contribution in [3.63, 3.8) is 0 Å². The standard InChI is InChI=1S/C14H13F2N3OS/c1-20-13-12(19-4-5-21-14(19)18-13)8-17-7-9-2-3-10(15)6-11(9)16/h2-6,17H,7-8H2,1H3. The molecule has 2 heterocycles. The molecular weight excluding hydrogens is 296 g/mol. The zero-order valence-electron chi connectivity index (χ0n) is 11.3. The van der Waals surface area contributed by atoms with E-state index in [1.54, 1.807) is 7.11 Å². The van der Waals surface area contributed by atoms with E-state index < -0.39 is 11.6 Å². The van der Waals surface area contributed by atoms with Gasteiger partial charge < -0.3 is 10.1 Å². The second-order valence-corrected chi connectivity index (χ2v) is 5.34. The first kappa shape index (κ1) is 14.0. The summed E-state index contributed by atoms with van der Waals surface area (Å²) in [6.45, 7) is 0.768. The van der Waals surface area contributed by atoms with Gasteiger partial charge in [0.15, 0.2) is 4.96 Å². The first-order valence-electron chi connectivity index (χ1n) is 6.32. The SMILES string of the molecule is COc1nc2sccn2c1CNCc1ccc(F)cc1F. The number of thiazole rings is 1. The fraction of sp³-hybridized carbons (Fsp3) is 0.214. The predicted octanol–water partition coefficient (Wildman–Crippen LogP) is 2.97. The van der Waals surface area contributed by atoms with Gasteiger partial charge in [0.2, 0.25) is 5.88 Å². The van der Waals surface area contributed by atoms with E-state index >= 15 is 0 Å². The molecule has 21 heavy (non-hydrogen) atoms. The lowest BCUT2D eigenvalue weighted by atomic mass is 10.2. The Labute approximate surface area is 124 Å². The van der Waals surface area contributed by atoms with Crippen LogP contribution in [0.4, 0.5) is 8.78 Å². The molecule has 0 saturated heterocycles. The summed E-state index contributed by atoms with van der Waals surface area (Å²) in [5, 5.41) is 5.06. The van der Waals surface area contributed by atoms with Crippen molar-refractivity contribution in [2.24, 2.45) is 0 Å². The van der Waals surface area contributed by atoms with Crippen LogP contribution in [0.15, 0.2) is 29.8 Å². The van der Waals surface area contributed by atoms with Gasteiger partial charge >= 0.3 is 0 Å². The van der Waals surface area contributed by atoms with Crippen LogP contribution in [0.3, 0.4) is 0 Å². The molecule has 7 heteroatoms. The van der Waals surface area contributed by atoms with Crippen molar-refractivity contribution in [1.29, 1.82) is 0 Å². The minimum atomic E-state index is -0.575. The van der Waals surface area contributed by atoms with Gasteiger partial charge in [0.25, 0.3) is 0 Å². The third kappa shape index (κ3) is 2.74. The van der Waals surface area contributed by atoms with Crippen LogP contribution in [0.1, 0.15) is 11.3 Å². The minimum Gasteiger partial charge on any atom is -0.480 e. The van der Waals surface area contributed by atoms with Crippen LogP contribution in [0.25, 0.3) is 4.96 Å². The number of hydrogen-bond acceptors (Lipinski definition) is 4. The summed E-state index contributed by atoms with van der Waals surface area (Å²) in [6.07, 6.45) is 1.91. The van der Waals surface area contributed by atoms with Crippen LogP contribution in [0.5, 0.6) is 5.88 Å². The summed E-state index contributed by atoms with van der Waals surface area (Å²) in [5.41, 5.74) is 1.29. The lowest BCUT2D eigenvalue weighted by molar-refractivity contribution is 0.392. The predicted molar refractivity (Wildman–Crippen MR) is 76.5 cm³/mol. The zero-order chi connectivity index (χ0) is 14.8. The molecule has 0 unspecified atom stereocenters. The average molecular weight is 309 g/mol. The number of nitrogens with zero attached hydrogens (tertiary/aromatic N) is 2. The van der Waals surface area contributed by atoms with Gasteiger partial charge in [-0.25, -0.2) is 8.78 Å². The minimum absolute atomic E-state index is 0.298. The zero-order valence-corrected chi connectivity index (χ0v) is 12.1. The molecule has 2 aromatic heterocycles. The molecule has 0 bridgehead atoms. The average Bonchev–Trinajstić information content (AvgIpc) is 3.02. The molecule has 0 amide bonds. The number of methoxy groups -OCH3 is 1. The van der Waals surface area contributed by atoms with Crippen molar-refractivity contribution in [2.75, 3.05) is 7.11 Å². The summed E-state index contributed by atoms with van der Waals surface area (Å²) >= 11 is 1.51. The number of aromatic nitrogens is 2. The van der Waals surface area contributed by atoms with Crippen molar-refractivity contribution >= 4 is 16.3 Å². The van der Waals surface area contributed by atoms with Gasteiger partial charge in [0.05, 0.1) is 7.11 Å². The molecule has 0 radical (unpaired) electrons. The third-order valence-electron chi connectivity index (χ3n) is 3.14. The molecule has 0 atom stereocenters. The van der Waals surface area contributed by atoms with Crippen molar-refractivity contribution < 1.29 is 13.5 Å². The maximum atomic E-state index is 13.5. The van der Waals surface area contributed by atoms with Crippen LogP contribution < -0.4 is 10.1 Å². The Balaban J connectivity index is 1.73. The molecular formula is C14H13F2N3OS.